The van der Waals surface area contributed by atoms with Gasteiger partial charge in [0.1, 0.15) is 0 Å². The van der Waals surface area contributed by atoms with Gasteiger partial charge in [-0.15, -0.1) is 0 Å². The number of nitrogens with two attached hydrogens (primary N) is 1. The Bertz CT molecular complexity index is 215. The lowest BCUT2D eigenvalue weighted by atomic mass is 10.2. The fourth-order valence-electron chi connectivity index (χ4n) is 1.52. The van der Waals surface area contributed by atoms with Gasteiger partial charge in [0, 0.05) is 13.5 Å². The minimum Gasteiger partial charge on any atom is -0.409 e. The van der Waals surface area contributed by atoms with Crippen molar-refractivity contribution in [2.75, 3.05) is 6.54 Å². The van der Waals surface area contributed by atoms with Gasteiger partial charge in [-0.2, -0.15) is 0 Å². The predicted molar refractivity (Wildman–Crippen MR) is 43.8 cm³/mol. The second kappa shape index (κ2) is 3.42. The zero-order valence-corrected chi connectivity index (χ0v) is 7.03. The molecule has 3 N–H and O–H groups in total. The first-order valence-electron chi connectivity index (χ1n) is 3.91. The molecule has 0 aromatic rings. The maximum Gasteiger partial charge on any atom is 0.220 e. The molecular formula is C7H13N3O2. The molecule has 1 fully saturated rings. The third-order valence-electron chi connectivity index (χ3n) is 2.11. The van der Waals surface area contributed by atoms with Crippen molar-refractivity contribution in [3.63, 3.8) is 0 Å². The zero-order chi connectivity index (χ0) is 9.14. The molecule has 1 atom stereocenters. The van der Waals surface area contributed by atoms with E-state index in [1.807, 2.05) is 0 Å². The molecule has 0 aromatic carbocycles. The second-order valence-electron chi connectivity index (χ2n) is 2.90. The standard InChI is InChI=1S/C7H13N3O2/c1-5(11)10-4-2-3-6(10)7(8)9-12/h6,12H,2-4H2,1H3,(H2,8,9)/t6-/m0/s1. The Labute approximate surface area is 70.8 Å². The first-order valence-corrected chi connectivity index (χ1v) is 3.91. The van der Waals surface area contributed by atoms with Crippen LogP contribution in [0.4, 0.5) is 0 Å². The summed E-state index contributed by atoms with van der Waals surface area (Å²) in [6.45, 7) is 2.19. The molecule has 68 valence electrons. The van der Waals surface area contributed by atoms with Crippen LogP contribution in [0.1, 0.15) is 19.8 Å². The van der Waals surface area contributed by atoms with E-state index in [4.69, 9.17) is 10.9 Å². The summed E-state index contributed by atoms with van der Waals surface area (Å²) in [7, 11) is 0. The van der Waals surface area contributed by atoms with Gasteiger partial charge < -0.3 is 15.8 Å². The molecule has 0 saturated carbocycles. The molecule has 0 bridgehead atoms. The fourth-order valence-corrected chi connectivity index (χ4v) is 1.52. The van der Waals surface area contributed by atoms with Crippen molar-refractivity contribution in [2.45, 2.75) is 25.8 Å². The van der Waals surface area contributed by atoms with E-state index in [-0.39, 0.29) is 17.8 Å². The lowest BCUT2D eigenvalue weighted by Gasteiger charge is -2.21. The topological polar surface area (TPSA) is 78.9 Å². The van der Waals surface area contributed by atoms with Crippen LogP contribution < -0.4 is 5.73 Å². The van der Waals surface area contributed by atoms with Crippen LogP contribution in [0.15, 0.2) is 5.16 Å². The average Bonchev–Trinajstić information content (AvgIpc) is 2.50. The maximum absolute atomic E-state index is 11.0. The number of carbonyl (C=O) groups is 1. The highest BCUT2D eigenvalue weighted by Gasteiger charge is 2.29. The number of hydrogen-bond donors (Lipinski definition) is 2. The lowest BCUT2D eigenvalue weighted by molar-refractivity contribution is -0.128. The highest BCUT2D eigenvalue weighted by Crippen LogP contribution is 2.16. The monoisotopic (exact) mass is 171 g/mol. The summed E-state index contributed by atoms with van der Waals surface area (Å²) >= 11 is 0. The van der Waals surface area contributed by atoms with Crippen molar-refractivity contribution in [2.24, 2.45) is 10.9 Å². The maximum atomic E-state index is 11.0. The van der Waals surface area contributed by atoms with Crippen LogP contribution in [-0.2, 0) is 4.79 Å². The normalized spacial score (nSPS) is 24.6. The predicted octanol–water partition coefficient (Wildman–Crippen LogP) is -0.256. The van der Waals surface area contributed by atoms with Crippen molar-refractivity contribution in [3.8, 4) is 0 Å². The van der Waals surface area contributed by atoms with Gasteiger partial charge >= 0.3 is 0 Å². The summed E-state index contributed by atoms with van der Waals surface area (Å²) in [6, 6.07) is -0.201. The average molecular weight is 171 g/mol. The van der Waals surface area contributed by atoms with E-state index in [1.165, 1.54) is 6.92 Å². The summed E-state index contributed by atoms with van der Waals surface area (Å²) in [5, 5.41) is 11.3. The van der Waals surface area contributed by atoms with Gasteiger partial charge in [0.05, 0.1) is 6.04 Å². The number of likely N-dealkylation sites (tertiary alicyclic amines) is 1. The zero-order valence-electron chi connectivity index (χ0n) is 7.03. The molecule has 1 saturated heterocycles. The fraction of sp³-hybridized carbons (Fsp3) is 0.714. The van der Waals surface area contributed by atoms with Crippen LogP contribution in [0.2, 0.25) is 0 Å². The van der Waals surface area contributed by atoms with Crippen LogP contribution in [0.5, 0.6) is 0 Å². The van der Waals surface area contributed by atoms with Gasteiger partial charge in [-0.05, 0) is 12.8 Å². The smallest absolute Gasteiger partial charge is 0.220 e. The van der Waals surface area contributed by atoms with Gasteiger partial charge in [0.2, 0.25) is 5.91 Å². The van der Waals surface area contributed by atoms with Crippen molar-refractivity contribution in [3.05, 3.63) is 0 Å². The molecule has 5 heteroatoms. The molecule has 5 nitrogen and oxygen atoms in total. The van der Waals surface area contributed by atoms with Crippen LogP contribution in [-0.4, -0.2) is 34.4 Å². The van der Waals surface area contributed by atoms with Crippen LogP contribution in [0.25, 0.3) is 0 Å². The summed E-state index contributed by atoms with van der Waals surface area (Å²) in [6.07, 6.45) is 1.70. The van der Waals surface area contributed by atoms with Gasteiger partial charge in [-0.1, -0.05) is 5.16 Å². The Balaban J connectivity index is 2.70. The van der Waals surface area contributed by atoms with Crippen LogP contribution >= 0.6 is 0 Å². The van der Waals surface area contributed by atoms with Gasteiger partial charge in [-0.3, -0.25) is 4.79 Å². The van der Waals surface area contributed by atoms with Crippen molar-refractivity contribution >= 4 is 11.7 Å². The minimum atomic E-state index is -0.201. The number of oxime groups is 1. The van der Waals surface area contributed by atoms with E-state index in [1.54, 1.807) is 4.90 Å². The SMILES string of the molecule is CC(=O)N1CCC[C@H]1C(N)=NO. The number of amides is 1. The number of amidine groups is 1. The molecule has 1 aliphatic rings. The second-order valence-corrected chi connectivity index (χ2v) is 2.90. The number of rotatable bonds is 1. The van der Waals surface area contributed by atoms with Gasteiger partial charge in [-0.25, -0.2) is 0 Å². The summed E-state index contributed by atoms with van der Waals surface area (Å²) in [5.41, 5.74) is 5.41. The lowest BCUT2D eigenvalue weighted by Crippen LogP contribution is -2.42. The first kappa shape index (κ1) is 8.83. The first-order chi connectivity index (χ1) is 5.66. The third-order valence-corrected chi connectivity index (χ3v) is 2.11. The Morgan fingerprint density at radius 3 is 2.92 bits per heavy atom. The molecule has 1 rings (SSSR count). The Hall–Kier alpha value is -1.26. The molecule has 1 amide bonds. The van der Waals surface area contributed by atoms with E-state index in [0.717, 1.165) is 12.8 Å². The molecule has 0 unspecified atom stereocenters. The largest absolute Gasteiger partial charge is 0.409 e. The quantitative estimate of drug-likeness (QED) is 0.247. The Kier molecular flexibility index (Phi) is 2.52. The minimum absolute atomic E-state index is 0.0240. The van der Waals surface area contributed by atoms with Crippen molar-refractivity contribution < 1.29 is 10.0 Å². The molecule has 0 radical (unpaired) electrons. The number of nitrogens with zero attached hydrogens (tertiary/aromatic N) is 2. The highest BCUT2D eigenvalue weighted by atomic mass is 16.4. The molecule has 0 aliphatic carbocycles. The summed E-state index contributed by atoms with van der Waals surface area (Å²) in [5.74, 6) is 0.104. The third kappa shape index (κ3) is 1.49. The molecule has 1 aliphatic heterocycles. The number of carbonyl (C=O) groups excluding carboxylic acids is 1. The van der Waals surface area contributed by atoms with Crippen LogP contribution in [0, 0.1) is 0 Å². The van der Waals surface area contributed by atoms with Crippen molar-refractivity contribution in [1.82, 2.24) is 4.90 Å². The van der Waals surface area contributed by atoms with E-state index in [2.05, 4.69) is 5.16 Å². The summed E-state index contributed by atoms with van der Waals surface area (Å²) < 4.78 is 0. The Morgan fingerprint density at radius 2 is 2.42 bits per heavy atom. The molecule has 0 aromatic heterocycles. The molecule has 12 heavy (non-hydrogen) atoms. The van der Waals surface area contributed by atoms with Gasteiger partial charge in [0.25, 0.3) is 0 Å². The van der Waals surface area contributed by atoms with E-state index >= 15 is 0 Å². The molecule has 1 heterocycles. The van der Waals surface area contributed by atoms with Gasteiger partial charge in [0.15, 0.2) is 5.84 Å². The molecular weight excluding hydrogens is 158 g/mol. The van der Waals surface area contributed by atoms with Crippen LogP contribution in [0.3, 0.4) is 0 Å². The van der Waals surface area contributed by atoms with E-state index in [0.29, 0.717) is 6.54 Å². The summed E-state index contributed by atoms with van der Waals surface area (Å²) in [4.78, 5) is 12.6. The van der Waals surface area contributed by atoms with E-state index < -0.39 is 0 Å². The Morgan fingerprint density at radius 1 is 1.75 bits per heavy atom. The molecule has 0 spiro atoms. The number of hydrogen-bond acceptors (Lipinski definition) is 3. The van der Waals surface area contributed by atoms with Crippen molar-refractivity contribution in [1.29, 1.82) is 0 Å². The highest BCUT2D eigenvalue weighted by molar-refractivity contribution is 5.89. The van der Waals surface area contributed by atoms with E-state index in [9.17, 15) is 4.79 Å².